The van der Waals surface area contributed by atoms with Crippen LogP contribution in [0.3, 0.4) is 0 Å². The van der Waals surface area contributed by atoms with Gasteiger partial charge in [0.1, 0.15) is 6.61 Å². The number of ether oxygens (including phenoxy) is 2. The molecule has 1 aliphatic heterocycles. The molecule has 7 heteroatoms. The zero-order valence-electron chi connectivity index (χ0n) is 20.1. The highest BCUT2D eigenvalue weighted by Gasteiger charge is 2.20. The lowest BCUT2D eigenvalue weighted by molar-refractivity contribution is -0.0366. The van der Waals surface area contributed by atoms with E-state index in [0.717, 1.165) is 53.5 Å². The number of aromatic nitrogens is 4. The number of hydrogen-bond acceptors (Lipinski definition) is 6. The average molecular weight is 470 g/mol. The summed E-state index contributed by atoms with van der Waals surface area (Å²) in [6.07, 6.45) is 9.73. The summed E-state index contributed by atoms with van der Waals surface area (Å²) in [5, 5.41) is 5.76. The molecule has 0 spiro atoms. The highest BCUT2D eigenvalue weighted by Crippen LogP contribution is 2.36. The van der Waals surface area contributed by atoms with Crippen molar-refractivity contribution in [3.63, 3.8) is 0 Å². The van der Waals surface area contributed by atoms with E-state index >= 15 is 0 Å². The van der Waals surface area contributed by atoms with Crippen molar-refractivity contribution in [3.8, 4) is 6.01 Å². The van der Waals surface area contributed by atoms with Crippen molar-refractivity contribution < 1.29 is 9.47 Å². The Morgan fingerprint density at radius 3 is 2.57 bits per heavy atom. The predicted octanol–water partition coefficient (Wildman–Crippen LogP) is 5.23. The van der Waals surface area contributed by atoms with Gasteiger partial charge < -0.3 is 15.2 Å². The van der Waals surface area contributed by atoms with Crippen LogP contribution in [0.5, 0.6) is 6.01 Å². The van der Waals surface area contributed by atoms with Crippen molar-refractivity contribution in [3.05, 3.63) is 83.8 Å². The van der Waals surface area contributed by atoms with E-state index in [1.165, 1.54) is 17.6 Å². The third kappa shape index (κ3) is 4.97. The molecule has 3 heterocycles. The molecule has 2 N–H and O–H groups in total. The summed E-state index contributed by atoms with van der Waals surface area (Å²) in [5.74, 6) is 0. The van der Waals surface area contributed by atoms with E-state index in [-0.39, 0.29) is 6.23 Å². The minimum atomic E-state index is 0.00657. The van der Waals surface area contributed by atoms with E-state index in [0.29, 0.717) is 19.2 Å². The van der Waals surface area contributed by atoms with Crippen LogP contribution in [0.4, 0.5) is 0 Å². The smallest absolute Gasteiger partial charge is 0.316 e. The van der Waals surface area contributed by atoms with Crippen LogP contribution in [0, 0.1) is 0 Å². The summed E-state index contributed by atoms with van der Waals surface area (Å²) in [7, 11) is 0. The molecule has 4 aromatic rings. The molecular formula is C28H31N5O2. The zero-order chi connectivity index (χ0) is 24.0. The van der Waals surface area contributed by atoms with Gasteiger partial charge in [0, 0.05) is 36.5 Å². The molecule has 1 saturated heterocycles. The molecule has 5 rings (SSSR count). The second-order valence-electron chi connectivity index (χ2n) is 8.65. The van der Waals surface area contributed by atoms with Crippen LogP contribution in [0.2, 0.25) is 0 Å². The van der Waals surface area contributed by atoms with Gasteiger partial charge in [0.15, 0.2) is 6.23 Å². The third-order valence-corrected chi connectivity index (χ3v) is 6.36. The van der Waals surface area contributed by atoms with Crippen molar-refractivity contribution in [2.75, 3.05) is 19.8 Å². The first-order valence-electron chi connectivity index (χ1n) is 12.3. The highest BCUT2D eigenvalue weighted by molar-refractivity contribution is 6.00. The quantitative estimate of drug-likeness (QED) is 0.356. The number of hydrogen-bond donors (Lipinski definition) is 1. The molecule has 1 fully saturated rings. The number of benzene rings is 2. The van der Waals surface area contributed by atoms with Crippen LogP contribution in [-0.2, 0) is 4.74 Å². The zero-order valence-corrected chi connectivity index (χ0v) is 20.1. The van der Waals surface area contributed by atoms with E-state index in [9.17, 15) is 0 Å². The van der Waals surface area contributed by atoms with Crippen LogP contribution in [0.1, 0.15) is 55.5 Å². The van der Waals surface area contributed by atoms with Crippen LogP contribution < -0.4 is 10.5 Å². The second-order valence-corrected chi connectivity index (χ2v) is 8.65. The van der Waals surface area contributed by atoms with Crippen molar-refractivity contribution >= 4 is 22.0 Å². The Morgan fingerprint density at radius 2 is 1.86 bits per heavy atom. The van der Waals surface area contributed by atoms with Gasteiger partial charge in [-0.2, -0.15) is 5.10 Å². The van der Waals surface area contributed by atoms with Crippen molar-refractivity contribution in [1.29, 1.82) is 0 Å². The lowest BCUT2D eigenvalue weighted by Crippen LogP contribution is -2.18. The van der Waals surface area contributed by atoms with Gasteiger partial charge in [0.2, 0.25) is 0 Å². The van der Waals surface area contributed by atoms with E-state index in [1.807, 2.05) is 29.3 Å². The van der Waals surface area contributed by atoms with E-state index < -0.39 is 0 Å². The Balaban J connectivity index is 1.60. The topological polar surface area (TPSA) is 88.1 Å². The monoisotopic (exact) mass is 469 g/mol. The maximum atomic E-state index is 5.98. The van der Waals surface area contributed by atoms with Crippen molar-refractivity contribution in [2.24, 2.45) is 5.73 Å². The molecule has 2 aromatic heterocycles. The van der Waals surface area contributed by atoms with Gasteiger partial charge in [-0.1, -0.05) is 43.3 Å². The minimum Gasteiger partial charge on any atom is -0.462 e. The number of rotatable bonds is 8. The molecule has 0 saturated carbocycles. The van der Waals surface area contributed by atoms with Gasteiger partial charge in [0.25, 0.3) is 0 Å². The van der Waals surface area contributed by atoms with Crippen LogP contribution in [0.25, 0.3) is 22.0 Å². The maximum Gasteiger partial charge on any atom is 0.316 e. The lowest BCUT2D eigenvalue weighted by atomic mass is 9.89. The van der Waals surface area contributed by atoms with Crippen molar-refractivity contribution in [1.82, 2.24) is 19.7 Å². The molecule has 1 aliphatic rings. The summed E-state index contributed by atoms with van der Waals surface area (Å²) < 4.78 is 13.5. The molecule has 0 radical (unpaired) electrons. The van der Waals surface area contributed by atoms with Gasteiger partial charge >= 0.3 is 6.01 Å². The lowest BCUT2D eigenvalue weighted by Gasteiger charge is -2.23. The predicted molar refractivity (Wildman–Crippen MR) is 138 cm³/mol. The van der Waals surface area contributed by atoms with E-state index in [4.69, 9.17) is 15.2 Å². The molecule has 0 bridgehead atoms. The number of fused-ring (bicyclic) bond motifs is 1. The minimum absolute atomic E-state index is 0.00657. The average Bonchev–Trinajstić information content (AvgIpc) is 3.35. The van der Waals surface area contributed by atoms with Crippen molar-refractivity contribution in [2.45, 2.75) is 38.8 Å². The fourth-order valence-electron chi connectivity index (χ4n) is 4.70. The fraction of sp³-hybridized carbons (Fsp3) is 0.321. The standard InChI is InChI=1S/C28H31N5O2/c1-2-24(20-8-4-3-5-9-20)27(23-17-30-28(31-18-23)35-15-13-29)21-11-12-25-22(16-21)19-32-33(25)26-10-6-7-14-34-26/h3-5,8-9,11-12,16-19,26H,2,6-7,10,13-15,29H2,1H3/b27-24-. The van der Waals surface area contributed by atoms with E-state index in [1.54, 1.807) is 0 Å². The van der Waals surface area contributed by atoms with Gasteiger partial charge in [0.05, 0.1) is 11.7 Å². The molecule has 1 atom stereocenters. The Bertz CT molecular complexity index is 1290. The van der Waals surface area contributed by atoms with Gasteiger partial charge in [-0.05, 0) is 60.1 Å². The summed E-state index contributed by atoms with van der Waals surface area (Å²) in [5.41, 5.74) is 12.2. The summed E-state index contributed by atoms with van der Waals surface area (Å²) in [6, 6.07) is 17.3. The van der Waals surface area contributed by atoms with Gasteiger partial charge in [-0.15, -0.1) is 0 Å². The molecule has 0 aliphatic carbocycles. The first-order valence-corrected chi connectivity index (χ1v) is 12.3. The molecule has 7 nitrogen and oxygen atoms in total. The van der Waals surface area contributed by atoms with Crippen LogP contribution >= 0.6 is 0 Å². The summed E-state index contributed by atoms with van der Waals surface area (Å²) in [4.78, 5) is 8.89. The molecule has 1 unspecified atom stereocenters. The van der Waals surface area contributed by atoms with Crippen LogP contribution in [-0.4, -0.2) is 39.5 Å². The largest absolute Gasteiger partial charge is 0.462 e. The maximum absolute atomic E-state index is 5.98. The molecule has 180 valence electrons. The van der Waals surface area contributed by atoms with Gasteiger partial charge in [-0.25, -0.2) is 14.6 Å². The molecule has 35 heavy (non-hydrogen) atoms. The first-order chi connectivity index (χ1) is 17.3. The van der Waals surface area contributed by atoms with Gasteiger partial charge in [-0.3, -0.25) is 0 Å². The third-order valence-electron chi connectivity index (χ3n) is 6.36. The fourth-order valence-corrected chi connectivity index (χ4v) is 4.70. The Labute approximate surface area is 205 Å². The number of nitrogens with zero attached hydrogens (tertiary/aromatic N) is 4. The Kier molecular flexibility index (Phi) is 7.16. The molecule has 2 aromatic carbocycles. The SMILES string of the molecule is CC/C(=C(/c1cnc(OCCN)nc1)c1ccc2c(cnn2C2CCCCO2)c1)c1ccccc1. The normalized spacial score (nSPS) is 16.8. The first kappa shape index (κ1) is 23.2. The highest BCUT2D eigenvalue weighted by atomic mass is 16.5. The Hall–Kier alpha value is -3.55. The van der Waals surface area contributed by atoms with E-state index in [2.05, 4.69) is 64.5 Å². The second kappa shape index (κ2) is 10.8. The Morgan fingerprint density at radius 1 is 1.03 bits per heavy atom. The molecule has 0 amide bonds. The molecular weight excluding hydrogens is 438 g/mol. The summed E-state index contributed by atoms with van der Waals surface area (Å²) >= 11 is 0. The van der Waals surface area contributed by atoms with Crippen LogP contribution in [0.15, 0.2) is 67.1 Å². The number of nitrogens with two attached hydrogens (primary N) is 1. The number of allylic oxidation sites excluding steroid dienone is 1. The summed E-state index contributed by atoms with van der Waals surface area (Å²) in [6.45, 7) is 3.78.